The minimum atomic E-state index is -4.17. The molecule has 0 rings (SSSR count). The molecule has 0 unspecified atom stereocenters. The first-order valence-electron chi connectivity index (χ1n) is 1.25. The van der Waals surface area contributed by atoms with Gasteiger partial charge in [0.1, 0.15) is 0 Å². The molecule has 0 aromatic heterocycles. The van der Waals surface area contributed by atoms with Gasteiger partial charge in [-0.1, -0.05) is 0 Å². The molecular weight excluding hydrogens is 138 g/mol. The fourth-order valence-electron chi connectivity index (χ4n) is 0. The fraction of sp³-hybridized carbons (Fsp3) is 0. The highest BCUT2D eigenvalue weighted by Crippen LogP contribution is 1.50. The van der Waals surface area contributed by atoms with Crippen molar-refractivity contribution in [2.24, 2.45) is 5.14 Å². The maximum atomic E-state index is 8.97. The van der Waals surface area contributed by atoms with E-state index in [1.165, 1.54) is 0 Å². The van der Waals surface area contributed by atoms with Crippen LogP contribution in [0.3, 0.4) is 0 Å². The van der Waals surface area contributed by atoms with E-state index in [4.69, 9.17) is 22.9 Å². The number of carboxylic acid groups (broad SMARTS) is 1. The molecule has 0 saturated carbocycles. The van der Waals surface area contributed by atoms with Crippen molar-refractivity contribution in [1.29, 1.82) is 0 Å². The minimum absolute atomic E-state index is 0.250. The summed E-state index contributed by atoms with van der Waals surface area (Å²) in [6.07, 6.45) is 0. The average molecular weight is 143 g/mol. The van der Waals surface area contributed by atoms with Crippen LogP contribution in [-0.4, -0.2) is 24.5 Å². The lowest BCUT2D eigenvalue weighted by Crippen LogP contribution is -2.08. The van der Waals surface area contributed by atoms with Crippen molar-refractivity contribution in [3.8, 4) is 0 Å². The van der Waals surface area contributed by atoms with Gasteiger partial charge in [-0.15, -0.1) is 0 Å². The molecule has 0 saturated heterocycles. The predicted molar refractivity (Wildman–Crippen MR) is 24.4 cm³/mol. The second-order valence-electron chi connectivity index (χ2n) is 0.620. The molecule has 0 radical (unpaired) electrons. The van der Waals surface area contributed by atoms with Crippen molar-refractivity contribution < 1.29 is 22.9 Å². The Morgan fingerprint density at radius 2 is 1.50 bits per heavy atom. The summed E-state index contributed by atoms with van der Waals surface area (Å²) in [7, 11) is -4.17. The summed E-state index contributed by atoms with van der Waals surface area (Å²) in [6, 6.07) is 0. The Bertz CT molecular complexity index is 127. The molecule has 50 valence electrons. The lowest BCUT2D eigenvalue weighted by atomic mass is 11.7. The van der Waals surface area contributed by atoms with Crippen molar-refractivity contribution in [3.05, 3.63) is 0 Å². The minimum Gasteiger partial charge on any atom is -0.483 e. The smallest absolute Gasteiger partial charge is 0.330 e. The van der Waals surface area contributed by atoms with Gasteiger partial charge < -0.3 is 5.11 Å². The van der Waals surface area contributed by atoms with E-state index in [9.17, 15) is 0 Å². The molecule has 6 nitrogen and oxygen atoms in total. The summed E-state index contributed by atoms with van der Waals surface area (Å²) in [5, 5.41) is 10.8. The van der Waals surface area contributed by atoms with Crippen LogP contribution >= 0.6 is 0 Å². The Labute approximate surface area is 45.8 Å². The molecule has 0 aromatic rings. The van der Waals surface area contributed by atoms with Crippen LogP contribution in [0.25, 0.3) is 0 Å². The Morgan fingerprint density at radius 3 is 1.50 bits per heavy atom. The molecule has 0 aromatic carbocycles. The van der Waals surface area contributed by atoms with E-state index in [-0.39, 0.29) is 6.47 Å². The summed E-state index contributed by atoms with van der Waals surface area (Å²) in [5.41, 5.74) is 0. The lowest BCUT2D eigenvalue weighted by molar-refractivity contribution is -0.122. The molecule has 7 heteroatoms. The number of hydrogen-bond donors (Lipinski definition) is 3. The standard InChI is InChI=1S/CH2O2.H3NO3S/c2-1-3;1-5(2,3)4/h1H,(H,2,3);(H3,1,2,3,4). The van der Waals surface area contributed by atoms with Crippen LogP contribution in [0.15, 0.2) is 0 Å². The molecule has 0 aliphatic heterocycles. The molecule has 0 spiro atoms. The van der Waals surface area contributed by atoms with E-state index >= 15 is 0 Å². The second kappa shape index (κ2) is 4.50. The van der Waals surface area contributed by atoms with E-state index in [1.54, 1.807) is 0 Å². The first-order valence-corrected chi connectivity index (χ1v) is 2.75. The van der Waals surface area contributed by atoms with Crippen molar-refractivity contribution >= 4 is 16.8 Å². The topological polar surface area (TPSA) is 118 Å². The SMILES string of the molecule is NS(=O)(=O)O.O=CO. The van der Waals surface area contributed by atoms with Crippen molar-refractivity contribution in [1.82, 2.24) is 0 Å². The third-order valence-corrected chi connectivity index (χ3v) is 0. The monoisotopic (exact) mass is 143 g/mol. The zero-order valence-electron chi connectivity index (χ0n) is 3.68. The van der Waals surface area contributed by atoms with Crippen molar-refractivity contribution in [2.75, 3.05) is 0 Å². The molecule has 8 heavy (non-hydrogen) atoms. The Kier molecular flexibility index (Phi) is 5.82. The molecule has 0 amide bonds. The van der Waals surface area contributed by atoms with Gasteiger partial charge in [0.15, 0.2) is 0 Å². The van der Waals surface area contributed by atoms with Gasteiger partial charge in [0.25, 0.3) is 6.47 Å². The number of nitrogens with two attached hydrogens (primary N) is 1. The van der Waals surface area contributed by atoms with Crippen LogP contribution in [0, 0.1) is 0 Å². The zero-order chi connectivity index (χ0) is 7.21. The van der Waals surface area contributed by atoms with Crippen LogP contribution < -0.4 is 5.14 Å². The van der Waals surface area contributed by atoms with Crippen molar-refractivity contribution in [2.45, 2.75) is 0 Å². The molecule has 0 fully saturated rings. The lowest BCUT2D eigenvalue weighted by Gasteiger charge is -1.70. The van der Waals surface area contributed by atoms with Gasteiger partial charge in [0.2, 0.25) is 0 Å². The van der Waals surface area contributed by atoms with E-state index < -0.39 is 10.3 Å². The number of hydrogen-bond acceptors (Lipinski definition) is 3. The third kappa shape index (κ3) is 231. The maximum absolute atomic E-state index is 8.97. The third-order valence-electron chi connectivity index (χ3n) is 0. The van der Waals surface area contributed by atoms with Crippen LogP contribution in [0.5, 0.6) is 0 Å². The van der Waals surface area contributed by atoms with Gasteiger partial charge in [-0.2, -0.15) is 8.42 Å². The quantitative estimate of drug-likeness (QED) is 0.280. The summed E-state index contributed by atoms with van der Waals surface area (Å²) < 4.78 is 25.2. The number of rotatable bonds is 0. The summed E-state index contributed by atoms with van der Waals surface area (Å²) >= 11 is 0. The van der Waals surface area contributed by atoms with Crippen LogP contribution in [0.2, 0.25) is 0 Å². The first kappa shape index (κ1) is 10.3. The van der Waals surface area contributed by atoms with Crippen LogP contribution in [0.4, 0.5) is 0 Å². The highest BCUT2D eigenvalue weighted by molar-refractivity contribution is 7.83. The van der Waals surface area contributed by atoms with Crippen LogP contribution in [-0.2, 0) is 15.1 Å². The molecule has 0 heterocycles. The van der Waals surface area contributed by atoms with Gasteiger partial charge in [-0.25, -0.2) is 5.14 Å². The van der Waals surface area contributed by atoms with E-state index in [0.29, 0.717) is 0 Å². The van der Waals surface area contributed by atoms with Gasteiger partial charge in [-0.05, 0) is 0 Å². The zero-order valence-corrected chi connectivity index (χ0v) is 4.50. The molecular formula is CH5NO5S. The molecule has 0 atom stereocenters. The summed E-state index contributed by atoms with van der Waals surface area (Å²) in [5.74, 6) is 0. The molecule has 4 N–H and O–H groups in total. The Hall–Kier alpha value is -0.660. The summed E-state index contributed by atoms with van der Waals surface area (Å²) in [6.45, 7) is -0.250. The predicted octanol–water partition coefficient (Wildman–Crippen LogP) is -1.55. The maximum Gasteiger partial charge on any atom is 0.330 e. The second-order valence-corrected chi connectivity index (χ2v) is 1.65. The highest BCUT2D eigenvalue weighted by atomic mass is 32.2. The van der Waals surface area contributed by atoms with Gasteiger partial charge >= 0.3 is 10.3 Å². The fourth-order valence-corrected chi connectivity index (χ4v) is 0. The highest BCUT2D eigenvalue weighted by Gasteiger charge is 1.81. The molecule has 0 aliphatic carbocycles. The van der Waals surface area contributed by atoms with E-state index in [2.05, 4.69) is 5.14 Å². The molecule has 0 bridgehead atoms. The largest absolute Gasteiger partial charge is 0.483 e. The van der Waals surface area contributed by atoms with E-state index in [1.807, 2.05) is 0 Å². The Balaban J connectivity index is 0. The Morgan fingerprint density at radius 1 is 1.50 bits per heavy atom. The normalized spacial score (nSPS) is 8.75. The van der Waals surface area contributed by atoms with Crippen molar-refractivity contribution in [3.63, 3.8) is 0 Å². The molecule has 0 aliphatic rings. The van der Waals surface area contributed by atoms with Gasteiger partial charge in [0.05, 0.1) is 0 Å². The van der Waals surface area contributed by atoms with Gasteiger partial charge in [0, 0.05) is 0 Å². The van der Waals surface area contributed by atoms with Crippen LogP contribution in [0.1, 0.15) is 0 Å². The van der Waals surface area contributed by atoms with Gasteiger partial charge in [-0.3, -0.25) is 9.35 Å². The van der Waals surface area contributed by atoms with E-state index in [0.717, 1.165) is 0 Å². The average Bonchev–Trinajstić information content (AvgIpc) is 1.27. The number of carbonyl (C=O) groups is 1. The first-order chi connectivity index (χ1) is 3.41. The summed E-state index contributed by atoms with van der Waals surface area (Å²) in [4.78, 5) is 8.36.